The maximum Gasteiger partial charge on any atom is 0.273 e. The first kappa shape index (κ1) is 20.1. The average Bonchev–Trinajstić information content (AvgIpc) is 3.48. The summed E-state index contributed by atoms with van der Waals surface area (Å²) in [5, 5.41) is 11.7. The lowest BCUT2D eigenvalue weighted by Crippen LogP contribution is -2.31. The van der Waals surface area contributed by atoms with Gasteiger partial charge in [-0.3, -0.25) is 9.48 Å². The molecule has 5 rings (SSSR count). The number of aromatic nitrogens is 3. The van der Waals surface area contributed by atoms with Crippen LogP contribution >= 0.6 is 0 Å². The standard InChI is InChI=1S/C25H24N4O3/c1-31-23-13-6-5-10-18(23)24-14-21(28-32-24)25(30)27-20-11-7-12-22-19(20)15-26-29(22)16-17-8-3-2-4-9-17/h2-6,8-10,13-15,20H,7,11-12,16H2,1H3,(H,27,30). The number of rotatable bonds is 6. The summed E-state index contributed by atoms with van der Waals surface area (Å²) in [5.74, 6) is 0.898. The van der Waals surface area contributed by atoms with Crippen molar-refractivity contribution in [1.29, 1.82) is 0 Å². The highest BCUT2D eigenvalue weighted by Crippen LogP contribution is 2.32. The summed E-state index contributed by atoms with van der Waals surface area (Å²) in [6.07, 6.45) is 4.69. The van der Waals surface area contributed by atoms with Crippen LogP contribution in [-0.4, -0.2) is 28.0 Å². The van der Waals surface area contributed by atoms with Crippen molar-refractivity contribution >= 4 is 5.91 Å². The van der Waals surface area contributed by atoms with E-state index < -0.39 is 0 Å². The van der Waals surface area contributed by atoms with Gasteiger partial charge in [-0.15, -0.1) is 0 Å². The Labute approximate surface area is 186 Å². The second-order valence-corrected chi connectivity index (χ2v) is 7.88. The van der Waals surface area contributed by atoms with E-state index >= 15 is 0 Å². The third kappa shape index (κ3) is 3.89. The van der Waals surface area contributed by atoms with E-state index in [4.69, 9.17) is 9.26 Å². The molecule has 2 aromatic heterocycles. The first-order chi connectivity index (χ1) is 15.7. The van der Waals surface area contributed by atoms with E-state index in [1.165, 1.54) is 11.3 Å². The zero-order chi connectivity index (χ0) is 21.9. The lowest BCUT2D eigenvalue weighted by atomic mass is 9.92. The number of hydrogen-bond donors (Lipinski definition) is 1. The number of carbonyl (C=O) groups is 1. The summed E-state index contributed by atoms with van der Waals surface area (Å²) in [6, 6.07) is 19.3. The van der Waals surface area contributed by atoms with Crippen molar-refractivity contribution in [1.82, 2.24) is 20.3 Å². The van der Waals surface area contributed by atoms with Gasteiger partial charge in [0.1, 0.15) is 5.75 Å². The normalized spacial score (nSPS) is 15.2. The van der Waals surface area contributed by atoms with Gasteiger partial charge in [0.05, 0.1) is 31.5 Å². The topological polar surface area (TPSA) is 82.2 Å². The van der Waals surface area contributed by atoms with Gasteiger partial charge < -0.3 is 14.6 Å². The molecular weight excluding hydrogens is 404 g/mol. The molecule has 2 aromatic carbocycles. The maximum absolute atomic E-state index is 12.9. The molecule has 162 valence electrons. The number of carbonyl (C=O) groups excluding carboxylic acids is 1. The molecule has 32 heavy (non-hydrogen) atoms. The number of hydrogen-bond acceptors (Lipinski definition) is 5. The fourth-order valence-corrected chi connectivity index (χ4v) is 4.25. The molecule has 7 heteroatoms. The monoisotopic (exact) mass is 428 g/mol. The van der Waals surface area contributed by atoms with Crippen LogP contribution in [0.3, 0.4) is 0 Å². The van der Waals surface area contributed by atoms with Crippen LogP contribution < -0.4 is 10.1 Å². The summed E-state index contributed by atoms with van der Waals surface area (Å²) >= 11 is 0. The van der Waals surface area contributed by atoms with E-state index in [1.807, 2.05) is 53.3 Å². The number of ether oxygens (including phenoxy) is 1. The van der Waals surface area contributed by atoms with Gasteiger partial charge in [-0.1, -0.05) is 47.6 Å². The Bertz CT molecular complexity index is 1230. The fraction of sp³-hybridized carbons (Fsp3) is 0.240. The Hall–Kier alpha value is -3.87. The van der Waals surface area contributed by atoms with E-state index in [-0.39, 0.29) is 17.6 Å². The first-order valence-corrected chi connectivity index (χ1v) is 10.7. The molecule has 0 saturated heterocycles. The molecular formula is C25H24N4O3. The molecule has 0 radical (unpaired) electrons. The van der Waals surface area contributed by atoms with Gasteiger partial charge in [0, 0.05) is 17.3 Å². The molecule has 1 unspecified atom stereocenters. The number of fused-ring (bicyclic) bond motifs is 1. The summed E-state index contributed by atoms with van der Waals surface area (Å²) in [7, 11) is 1.60. The predicted molar refractivity (Wildman–Crippen MR) is 119 cm³/mol. The molecule has 7 nitrogen and oxygen atoms in total. The van der Waals surface area contributed by atoms with Crippen LogP contribution in [-0.2, 0) is 13.0 Å². The Kier molecular flexibility index (Phi) is 5.46. The Morgan fingerprint density at radius 1 is 1.19 bits per heavy atom. The number of para-hydroxylation sites is 1. The molecule has 0 saturated carbocycles. The third-order valence-electron chi connectivity index (χ3n) is 5.86. The smallest absolute Gasteiger partial charge is 0.273 e. The van der Waals surface area contributed by atoms with Crippen LogP contribution in [0.5, 0.6) is 5.75 Å². The average molecular weight is 428 g/mol. The second-order valence-electron chi connectivity index (χ2n) is 7.88. The van der Waals surface area contributed by atoms with Crippen molar-refractivity contribution in [3.63, 3.8) is 0 Å². The van der Waals surface area contributed by atoms with Crippen LogP contribution in [0.2, 0.25) is 0 Å². The van der Waals surface area contributed by atoms with Gasteiger partial charge in [-0.2, -0.15) is 5.10 Å². The highest BCUT2D eigenvalue weighted by molar-refractivity contribution is 5.93. The molecule has 1 aliphatic rings. The number of nitrogens with zero attached hydrogens (tertiary/aromatic N) is 3. The van der Waals surface area contributed by atoms with E-state index in [2.05, 4.69) is 27.7 Å². The molecule has 1 N–H and O–H groups in total. The zero-order valence-electron chi connectivity index (χ0n) is 17.8. The lowest BCUT2D eigenvalue weighted by molar-refractivity contribution is 0.0923. The number of methoxy groups -OCH3 is 1. The molecule has 0 spiro atoms. The highest BCUT2D eigenvalue weighted by Gasteiger charge is 2.27. The summed E-state index contributed by atoms with van der Waals surface area (Å²) in [5.41, 5.74) is 4.46. The second kappa shape index (κ2) is 8.70. The number of amides is 1. The van der Waals surface area contributed by atoms with Crippen LogP contribution in [0.4, 0.5) is 0 Å². The van der Waals surface area contributed by atoms with Gasteiger partial charge in [-0.25, -0.2) is 0 Å². The van der Waals surface area contributed by atoms with Crippen molar-refractivity contribution in [2.24, 2.45) is 0 Å². The predicted octanol–water partition coefficient (Wildman–Crippen LogP) is 4.40. The van der Waals surface area contributed by atoms with Crippen LogP contribution in [0, 0.1) is 0 Å². The minimum atomic E-state index is -0.261. The molecule has 1 aliphatic carbocycles. The third-order valence-corrected chi connectivity index (χ3v) is 5.86. The highest BCUT2D eigenvalue weighted by atomic mass is 16.5. The Balaban J connectivity index is 1.33. The van der Waals surface area contributed by atoms with Gasteiger partial charge >= 0.3 is 0 Å². The van der Waals surface area contributed by atoms with Crippen molar-refractivity contribution in [3.05, 3.63) is 89.4 Å². The summed E-state index contributed by atoms with van der Waals surface area (Å²) in [6.45, 7) is 0.725. The lowest BCUT2D eigenvalue weighted by Gasteiger charge is -2.24. The van der Waals surface area contributed by atoms with Crippen molar-refractivity contribution in [3.8, 4) is 17.1 Å². The molecule has 0 bridgehead atoms. The largest absolute Gasteiger partial charge is 0.496 e. The SMILES string of the molecule is COc1ccccc1-c1cc(C(=O)NC2CCCc3c2cnn3Cc2ccccc2)no1. The van der Waals surface area contributed by atoms with Crippen molar-refractivity contribution in [2.45, 2.75) is 31.8 Å². The quantitative estimate of drug-likeness (QED) is 0.492. The van der Waals surface area contributed by atoms with E-state index in [0.29, 0.717) is 11.5 Å². The van der Waals surface area contributed by atoms with Crippen LogP contribution in [0.15, 0.2) is 71.4 Å². The molecule has 1 amide bonds. The van der Waals surface area contributed by atoms with Crippen LogP contribution in [0.25, 0.3) is 11.3 Å². The minimum absolute atomic E-state index is 0.0952. The Morgan fingerprint density at radius 2 is 2.00 bits per heavy atom. The van der Waals surface area contributed by atoms with Gasteiger partial charge in [-0.05, 0) is 37.0 Å². The van der Waals surface area contributed by atoms with E-state index in [9.17, 15) is 4.79 Å². The van der Waals surface area contributed by atoms with Gasteiger partial charge in [0.2, 0.25) is 0 Å². The van der Waals surface area contributed by atoms with Crippen LogP contribution in [0.1, 0.15) is 46.2 Å². The van der Waals surface area contributed by atoms with E-state index in [1.54, 1.807) is 13.2 Å². The molecule has 2 heterocycles. The maximum atomic E-state index is 12.9. The number of nitrogens with one attached hydrogen (secondary N) is 1. The van der Waals surface area contributed by atoms with E-state index in [0.717, 1.165) is 36.9 Å². The molecule has 4 aromatic rings. The fourth-order valence-electron chi connectivity index (χ4n) is 4.25. The molecule has 0 fully saturated rings. The van der Waals surface area contributed by atoms with Crippen molar-refractivity contribution in [2.75, 3.05) is 7.11 Å². The Morgan fingerprint density at radius 3 is 2.84 bits per heavy atom. The van der Waals surface area contributed by atoms with Gasteiger partial charge in [0.25, 0.3) is 5.91 Å². The first-order valence-electron chi connectivity index (χ1n) is 10.7. The summed E-state index contributed by atoms with van der Waals surface area (Å²) in [4.78, 5) is 12.9. The molecule has 1 atom stereocenters. The number of benzene rings is 2. The summed E-state index contributed by atoms with van der Waals surface area (Å²) < 4.78 is 12.9. The minimum Gasteiger partial charge on any atom is -0.496 e. The molecule has 0 aliphatic heterocycles. The van der Waals surface area contributed by atoms with Gasteiger partial charge in [0.15, 0.2) is 11.5 Å². The zero-order valence-corrected chi connectivity index (χ0v) is 17.8. The van der Waals surface area contributed by atoms with Crippen molar-refractivity contribution < 1.29 is 14.1 Å².